The molecule has 1 saturated heterocycles. The van der Waals surface area contributed by atoms with Crippen LogP contribution in [-0.4, -0.2) is 72.3 Å². The maximum Gasteiger partial charge on any atom is 0.252 e. The highest BCUT2D eigenvalue weighted by Gasteiger charge is 2.20. The molecule has 214 valence electrons. The number of hydrogen-bond acceptors (Lipinski definition) is 7. The third kappa shape index (κ3) is 6.84. The molecule has 1 fully saturated rings. The number of aromatic nitrogens is 2. The van der Waals surface area contributed by atoms with E-state index in [0.29, 0.717) is 17.9 Å². The van der Waals surface area contributed by atoms with Crippen molar-refractivity contribution in [1.29, 1.82) is 0 Å². The number of aryl methyl sites for hydroxylation is 1. The molecule has 0 radical (unpaired) electrons. The second kappa shape index (κ2) is 12.7. The number of nitrogens with one attached hydrogen (secondary N) is 1. The molecule has 5 rings (SSSR count). The zero-order valence-electron chi connectivity index (χ0n) is 24.3. The van der Waals surface area contributed by atoms with Crippen LogP contribution in [0, 0.1) is 6.92 Å². The molecule has 2 N–H and O–H groups in total. The van der Waals surface area contributed by atoms with E-state index in [9.17, 15) is 9.90 Å². The van der Waals surface area contributed by atoms with Crippen LogP contribution in [0.4, 0.5) is 5.82 Å². The Labute approximate surface area is 242 Å². The number of piperidine rings is 1. The number of aliphatic hydroxyl groups is 1. The molecule has 8 nitrogen and oxygen atoms in total. The number of fused-ring (bicyclic) bond motifs is 1. The zero-order valence-corrected chi connectivity index (χ0v) is 24.3. The van der Waals surface area contributed by atoms with Crippen LogP contribution in [0.25, 0.3) is 22.2 Å². The van der Waals surface area contributed by atoms with Gasteiger partial charge in [-0.05, 0) is 88.3 Å². The number of carbonyl (C=O) groups is 1. The number of para-hydroxylation sites is 1. The van der Waals surface area contributed by atoms with E-state index in [4.69, 9.17) is 14.7 Å². The summed E-state index contributed by atoms with van der Waals surface area (Å²) in [5, 5.41) is 14.0. The highest BCUT2D eigenvalue weighted by atomic mass is 16.5. The summed E-state index contributed by atoms with van der Waals surface area (Å²) < 4.78 is 5.88. The molecule has 8 heteroatoms. The molecule has 0 bridgehead atoms. The highest BCUT2D eigenvalue weighted by Crippen LogP contribution is 2.30. The molecule has 1 aliphatic rings. The Kier molecular flexibility index (Phi) is 8.81. The molecular formula is C33H39N5O3. The Morgan fingerprint density at radius 1 is 1.12 bits per heavy atom. The third-order valence-corrected chi connectivity index (χ3v) is 7.66. The average Bonchev–Trinajstić information content (AvgIpc) is 2.97. The molecule has 1 aliphatic heterocycles. The van der Waals surface area contributed by atoms with E-state index in [0.717, 1.165) is 71.6 Å². The number of anilines is 1. The number of benzene rings is 2. The standard InChI is InChI=1S/C33H39N5O3/c1-22-9-11-26(41-18-17-37(3)4)19-28(22)33(40)35-23(2)29-20-31(36-30-8-6-5-7-27(29)30)24-10-12-32(34-21-24)38-15-13-25(39)14-16-38/h5-12,19-21,23,25,39H,13-18H2,1-4H3,(H,35,40)/t23-/m1/s1. The maximum absolute atomic E-state index is 13.5. The first kappa shape index (κ1) is 28.5. The van der Waals surface area contributed by atoms with Crippen LogP contribution in [0.1, 0.15) is 47.3 Å². The quantitative estimate of drug-likeness (QED) is 0.302. The van der Waals surface area contributed by atoms with Gasteiger partial charge in [0, 0.05) is 42.3 Å². The van der Waals surface area contributed by atoms with E-state index in [1.807, 2.05) is 88.7 Å². The van der Waals surface area contributed by atoms with Crippen LogP contribution < -0.4 is 15.0 Å². The van der Waals surface area contributed by atoms with E-state index >= 15 is 0 Å². The van der Waals surface area contributed by atoms with Gasteiger partial charge in [-0.25, -0.2) is 9.97 Å². The molecule has 2 aromatic carbocycles. The molecule has 41 heavy (non-hydrogen) atoms. The van der Waals surface area contributed by atoms with Crippen molar-refractivity contribution in [2.24, 2.45) is 0 Å². The summed E-state index contributed by atoms with van der Waals surface area (Å²) in [6.07, 6.45) is 3.16. The van der Waals surface area contributed by atoms with Crippen LogP contribution >= 0.6 is 0 Å². The second-order valence-electron chi connectivity index (χ2n) is 11.1. The number of amides is 1. The van der Waals surface area contributed by atoms with E-state index in [-0.39, 0.29) is 18.1 Å². The summed E-state index contributed by atoms with van der Waals surface area (Å²) in [5.74, 6) is 1.45. The Bertz CT molecular complexity index is 1500. The molecule has 0 saturated carbocycles. The Morgan fingerprint density at radius 3 is 2.63 bits per heavy atom. The van der Waals surface area contributed by atoms with Crippen LogP contribution in [-0.2, 0) is 0 Å². The number of carbonyl (C=O) groups excluding carboxylic acids is 1. The number of likely N-dealkylation sites (N-methyl/N-ethyl adjacent to an activating group) is 1. The van der Waals surface area contributed by atoms with E-state index < -0.39 is 0 Å². The van der Waals surface area contributed by atoms with Crippen molar-refractivity contribution in [3.8, 4) is 17.0 Å². The largest absolute Gasteiger partial charge is 0.492 e. The molecule has 4 aromatic rings. The van der Waals surface area contributed by atoms with Crippen molar-refractivity contribution in [2.45, 2.75) is 38.8 Å². The number of ether oxygens (including phenoxy) is 1. The van der Waals surface area contributed by atoms with Gasteiger partial charge in [0.1, 0.15) is 18.2 Å². The smallest absolute Gasteiger partial charge is 0.252 e. The van der Waals surface area contributed by atoms with Gasteiger partial charge in [-0.3, -0.25) is 4.79 Å². The summed E-state index contributed by atoms with van der Waals surface area (Å²) in [6.45, 7) is 6.89. The third-order valence-electron chi connectivity index (χ3n) is 7.66. The van der Waals surface area contributed by atoms with Crippen molar-refractivity contribution in [2.75, 3.05) is 45.2 Å². The van der Waals surface area contributed by atoms with Gasteiger partial charge < -0.3 is 25.0 Å². The Hall–Kier alpha value is -4.01. The second-order valence-corrected chi connectivity index (χ2v) is 11.1. The van der Waals surface area contributed by atoms with Gasteiger partial charge in [0.25, 0.3) is 5.91 Å². The van der Waals surface area contributed by atoms with Gasteiger partial charge in [0.05, 0.1) is 23.4 Å². The highest BCUT2D eigenvalue weighted by molar-refractivity contribution is 5.97. The summed E-state index contributed by atoms with van der Waals surface area (Å²) in [6, 6.07) is 19.5. The van der Waals surface area contributed by atoms with Crippen molar-refractivity contribution in [3.63, 3.8) is 0 Å². The molecule has 0 unspecified atom stereocenters. The topological polar surface area (TPSA) is 90.8 Å². The minimum atomic E-state index is -0.265. The normalized spacial score (nSPS) is 14.8. The molecule has 0 aliphatic carbocycles. The summed E-state index contributed by atoms with van der Waals surface area (Å²) in [4.78, 5) is 27.4. The van der Waals surface area contributed by atoms with E-state index in [1.54, 1.807) is 0 Å². The lowest BCUT2D eigenvalue weighted by Gasteiger charge is -2.30. The zero-order chi connectivity index (χ0) is 28.9. The number of rotatable bonds is 9. The van der Waals surface area contributed by atoms with Crippen molar-refractivity contribution in [1.82, 2.24) is 20.2 Å². The van der Waals surface area contributed by atoms with Crippen LogP contribution in [0.3, 0.4) is 0 Å². The van der Waals surface area contributed by atoms with E-state index in [2.05, 4.69) is 21.2 Å². The number of aliphatic hydroxyl groups excluding tert-OH is 1. The monoisotopic (exact) mass is 553 g/mol. The van der Waals surface area contributed by atoms with Gasteiger partial charge >= 0.3 is 0 Å². The van der Waals surface area contributed by atoms with E-state index in [1.165, 1.54) is 0 Å². The predicted octanol–water partition coefficient (Wildman–Crippen LogP) is 5.00. The summed E-state index contributed by atoms with van der Waals surface area (Å²) in [7, 11) is 4.00. The minimum absolute atomic E-state index is 0.145. The SMILES string of the molecule is Cc1ccc(OCCN(C)C)cc1C(=O)N[C@H](C)c1cc(-c2ccc(N3CCC(O)CC3)nc2)nc2ccccc12. The van der Waals surface area contributed by atoms with Crippen molar-refractivity contribution in [3.05, 3.63) is 83.6 Å². The van der Waals surface area contributed by atoms with Gasteiger partial charge in [0.2, 0.25) is 0 Å². The Morgan fingerprint density at radius 2 is 1.90 bits per heavy atom. The molecular weight excluding hydrogens is 514 g/mol. The van der Waals surface area contributed by atoms with Gasteiger partial charge in [0.15, 0.2) is 0 Å². The maximum atomic E-state index is 13.5. The number of nitrogens with zero attached hydrogens (tertiary/aromatic N) is 4. The fraction of sp³-hybridized carbons (Fsp3) is 0.364. The summed E-state index contributed by atoms with van der Waals surface area (Å²) >= 11 is 0. The molecule has 3 heterocycles. The molecule has 1 amide bonds. The number of pyridine rings is 2. The fourth-order valence-electron chi connectivity index (χ4n) is 5.16. The van der Waals surface area contributed by atoms with Crippen molar-refractivity contribution < 1.29 is 14.6 Å². The van der Waals surface area contributed by atoms with Crippen LogP contribution in [0.15, 0.2) is 66.9 Å². The van der Waals surface area contributed by atoms with Gasteiger partial charge in [-0.1, -0.05) is 24.3 Å². The molecule has 2 aromatic heterocycles. The average molecular weight is 554 g/mol. The fourth-order valence-corrected chi connectivity index (χ4v) is 5.16. The molecule has 0 spiro atoms. The van der Waals surface area contributed by atoms with Crippen LogP contribution in [0.2, 0.25) is 0 Å². The lowest BCUT2D eigenvalue weighted by molar-refractivity contribution is 0.0939. The van der Waals surface area contributed by atoms with Gasteiger partial charge in [-0.15, -0.1) is 0 Å². The molecule has 1 atom stereocenters. The summed E-state index contributed by atoms with van der Waals surface area (Å²) in [5.41, 5.74) is 5.06. The van der Waals surface area contributed by atoms with Gasteiger partial charge in [-0.2, -0.15) is 0 Å². The number of hydrogen-bond donors (Lipinski definition) is 2. The predicted molar refractivity (Wildman–Crippen MR) is 164 cm³/mol. The lowest BCUT2D eigenvalue weighted by Crippen LogP contribution is -2.36. The first-order chi connectivity index (χ1) is 19.8. The first-order valence-electron chi connectivity index (χ1n) is 14.3. The van der Waals surface area contributed by atoms with Crippen molar-refractivity contribution >= 4 is 22.6 Å². The first-order valence-corrected chi connectivity index (χ1v) is 14.3. The van der Waals surface area contributed by atoms with Crippen LogP contribution in [0.5, 0.6) is 5.75 Å². The Balaban J connectivity index is 1.38. The lowest BCUT2D eigenvalue weighted by atomic mass is 9.99. The minimum Gasteiger partial charge on any atom is -0.492 e.